The fourth-order valence-corrected chi connectivity index (χ4v) is 1.93. The molecule has 19 heavy (non-hydrogen) atoms. The van der Waals surface area contributed by atoms with E-state index in [2.05, 4.69) is 51.4 Å². The van der Waals surface area contributed by atoms with Gasteiger partial charge in [0.1, 0.15) is 0 Å². The van der Waals surface area contributed by atoms with Gasteiger partial charge in [-0.3, -0.25) is 5.43 Å². The summed E-state index contributed by atoms with van der Waals surface area (Å²) in [5, 5.41) is 3.32. The Kier molecular flexibility index (Phi) is 4.04. The predicted molar refractivity (Wildman–Crippen MR) is 77.1 cm³/mol. The van der Waals surface area contributed by atoms with Crippen molar-refractivity contribution < 1.29 is 0 Å². The second kappa shape index (κ2) is 5.56. The maximum Gasteiger partial charge on any atom is 0.243 e. The number of nitrogens with two attached hydrogens (primary N) is 1. The molecule has 0 amide bonds. The Bertz CT molecular complexity index is 426. The topological polar surface area (TPSA) is 92.0 Å². The minimum absolute atomic E-state index is 0.0600. The molecule has 0 bridgehead atoms. The van der Waals surface area contributed by atoms with Gasteiger partial charge in [-0.05, 0) is 33.1 Å². The van der Waals surface area contributed by atoms with Crippen molar-refractivity contribution in [1.82, 2.24) is 15.0 Å². The molecule has 0 spiro atoms. The molecule has 0 atom stereocenters. The quantitative estimate of drug-likeness (QED) is 0.547. The van der Waals surface area contributed by atoms with Crippen molar-refractivity contribution in [2.75, 3.05) is 28.7 Å². The van der Waals surface area contributed by atoms with Crippen LogP contribution in [-0.2, 0) is 0 Å². The molecule has 1 saturated heterocycles. The van der Waals surface area contributed by atoms with Crippen LogP contribution in [0.25, 0.3) is 0 Å². The highest BCUT2D eigenvalue weighted by Gasteiger charge is 2.20. The average Bonchev–Trinajstić information content (AvgIpc) is 2.91. The van der Waals surface area contributed by atoms with Gasteiger partial charge in [0.15, 0.2) is 0 Å². The third-order valence-corrected chi connectivity index (χ3v) is 3.48. The molecule has 0 aliphatic carbocycles. The van der Waals surface area contributed by atoms with Gasteiger partial charge >= 0.3 is 0 Å². The van der Waals surface area contributed by atoms with Crippen molar-refractivity contribution in [3.05, 3.63) is 0 Å². The summed E-state index contributed by atoms with van der Waals surface area (Å²) in [5.41, 5.74) is 2.45. The van der Waals surface area contributed by atoms with Gasteiger partial charge < -0.3 is 10.2 Å². The van der Waals surface area contributed by atoms with Gasteiger partial charge in [-0.15, -0.1) is 0 Å². The van der Waals surface area contributed by atoms with E-state index in [0.717, 1.165) is 19.5 Å². The number of hydrogen-bond acceptors (Lipinski definition) is 7. The lowest BCUT2D eigenvalue weighted by molar-refractivity contribution is 0.541. The molecule has 0 saturated carbocycles. The molecule has 1 aliphatic rings. The summed E-state index contributed by atoms with van der Waals surface area (Å²) in [6.07, 6.45) is 3.34. The van der Waals surface area contributed by atoms with Crippen LogP contribution in [0.1, 0.15) is 40.0 Å². The number of nitrogens with one attached hydrogen (secondary N) is 2. The van der Waals surface area contributed by atoms with E-state index in [1.807, 2.05) is 0 Å². The maximum absolute atomic E-state index is 5.43. The van der Waals surface area contributed by atoms with Crippen molar-refractivity contribution in [3.63, 3.8) is 0 Å². The van der Waals surface area contributed by atoms with Crippen LogP contribution in [0, 0.1) is 0 Å². The van der Waals surface area contributed by atoms with Crippen molar-refractivity contribution in [3.8, 4) is 0 Å². The molecular weight excluding hydrogens is 242 g/mol. The first-order valence-electron chi connectivity index (χ1n) is 6.80. The summed E-state index contributed by atoms with van der Waals surface area (Å²) in [5.74, 6) is 7.08. The summed E-state index contributed by atoms with van der Waals surface area (Å²) in [6.45, 7) is 8.33. The van der Waals surface area contributed by atoms with E-state index in [1.54, 1.807) is 0 Å². The first-order chi connectivity index (χ1) is 9.04. The number of nitrogen functional groups attached to an aromatic ring is 1. The first-order valence-corrected chi connectivity index (χ1v) is 6.80. The molecule has 2 rings (SSSR count). The van der Waals surface area contributed by atoms with Crippen LogP contribution in [-0.4, -0.2) is 33.6 Å². The van der Waals surface area contributed by atoms with Crippen LogP contribution in [0.2, 0.25) is 0 Å². The molecule has 1 aromatic heterocycles. The summed E-state index contributed by atoms with van der Waals surface area (Å²) in [7, 11) is 0. The van der Waals surface area contributed by atoms with Gasteiger partial charge in [0.25, 0.3) is 0 Å². The number of hydrazine groups is 1. The highest BCUT2D eigenvalue weighted by molar-refractivity contribution is 5.44. The Balaban J connectivity index is 2.25. The Morgan fingerprint density at radius 3 is 2.37 bits per heavy atom. The van der Waals surface area contributed by atoms with Crippen LogP contribution in [0.3, 0.4) is 0 Å². The number of anilines is 3. The van der Waals surface area contributed by atoms with E-state index >= 15 is 0 Å². The molecular formula is C12H23N7. The van der Waals surface area contributed by atoms with Crippen molar-refractivity contribution >= 4 is 17.8 Å². The zero-order chi connectivity index (χ0) is 13.9. The van der Waals surface area contributed by atoms with Gasteiger partial charge in [-0.2, -0.15) is 15.0 Å². The summed E-state index contributed by atoms with van der Waals surface area (Å²) in [4.78, 5) is 15.2. The second-order valence-corrected chi connectivity index (χ2v) is 5.48. The lowest BCUT2D eigenvalue weighted by Gasteiger charge is -2.25. The van der Waals surface area contributed by atoms with Crippen LogP contribution < -0.4 is 21.5 Å². The molecule has 7 heteroatoms. The fraction of sp³-hybridized carbons (Fsp3) is 0.750. The molecule has 2 heterocycles. The molecule has 0 unspecified atom stereocenters. The Morgan fingerprint density at radius 2 is 1.79 bits per heavy atom. The van der Waals surface area contributed by atoms with Crippen LogP contribution in [0.15, 0.2) is 0 Å². The molecule has 1 aromatic rings. The number of rotatable bonds is 5. The van der Waals surface area contributed by atoms with Crippen LogP contribution in [0.4, 0.5) is 17.8 Å². The summed E-state index contributed by atoms with van der Waals surface area (Å²) in [6, 6.07) is 0. The highest BCUT2D eigenvalue weighted by atomic mass is 15.4. The van der Waals surface area contributed by atoms with E-state index in [1.165, 1.54) is 12.8 Å². The van der Waals surface area contributed by atoms with Gasteiger partial charge in [-0.1, -0.05) is 6.92 Å². The molecule has 1 aliphatic heterocycles. The van der Waals surface area contributed by atoms with E-state index in [0.29, 0.717) is 17.8 Å². The molecule has 106 valence electrons. The van der Waals surface area contributed by atoms with E-state index in [4.69, 9.17) is 5.84 Å². The normalized spacial score (nSPS) is 15.7. The van der Waals surface area contributed by atoms with Crippen molar-refractivity contribution in [2.45, 2.75) is 45.6 Å². The van der Waals surface area contributed by atoms with Crippen LogP contribution in [0.5, 0.6) is 0 Å². The number of aromatic nitrogens is 3. The molecule has 0 radical (unpaired) electrons. The summed E-state index contributed by atoms with van der Waals surface area (Å²) >= 11 is 0. The van der Waals surface area contributed by atoms with Gasteiger partial charge in [0, 0.05) is 18.6 Å². The molecule has 1 fully saturated rings. The second-order valence-electron chi connectivity index (χ2n) is 5.48. The standard InChI is InChI=1S/C12H23N7/c1-4-12(2,3)17-9-14-10(18-13)16-11(15-9)19-7-5-6-8-19/h4-8,13H2,1-3H3,(H2,14,15,16,17,18). The van der Waals surface area contributed by atoms with E-state index in [-0.39, 0.29) is 5.54 Å². The van der Waals surface area contributed by atoms with Gasteiger partial charge in [0.2, 0.25) is 17.8 Å². The zero-order valence-corrected chi connectivity index (χ0v) is 11.9. The summed E-state index contributed by atoms with van der Waals surface area (Å²) < 4.78 is 0. The van der Waals surface area contributed by atoms with E-state index in [9.17, 15) is 0 Å². The third-order valence-electron chi connectivity index (χ3n) is 3.48. The van der Waals surface area contributed by atoms with Crippen molar-refractivity contribution in [1.29, 1.82) is 0 Å². The number of nitrogens with zero attached hydrogens (tertiary/aromatic N) is 4. The van der Waals surface area contributed by atoms with E-state index < -0.39 is 0 Å². The predicted octanol–water partition coefficient (Wildman–Crippen LogP) is 1.36. The fourth-order valence-electron chi connectivity index (χ4n) is 1.93. The lowest BCUT2D eigenvalue weighted by Crippen LogP contribution is -2.32. The Labute approximate surface area is 114 Å². The first kappa shape index (κ1) is 13.8. The third kappa shape index (κ3) is 3.44. The SMILES string of the molecule is CCC(C)(C)Nc1nc(NN)nc(N2CCCC2)n1. The number of hydrogen-bond donors (Lipinski definition) is 3. The largest absolute Gasteiger partial charge is 0.349 e. The smallest absolute Gasteiger partial charge is 0.243 e. The minimum Gasteiger partial charge on any atom is -0.349 e. The lowest BCUT2D eigenvalue weighted by atomic mass is 10.0. The maximum atomic E-state index is 5.43. The monoisotopic (exact) mass is 265 g/mol. The molecule has 7 nitrogen and oxygen atoms in total. The minimum atomic E-state index is -0.0600. The van der Waals surface area contributed by atoms with Gasteiger partial charge in [0.05, 0.1) is 0 Å². The average molecular weight is 265 g/mol. The Hall–Kier alpha value is -1.63. The molecule has 0 aromatic carbocycles. The zero-order valence-electron chi connectivity index (χ0n) is 11.9. The van der Waals surface area contributed by atoms with Gasteiger partial charge in [-0.25, -0.2) is 5.84 Å². The highest BCUT2D eigenvalue weighted by Crippen LogP contribution is 2.20. The van der Waals surface area contributed by atoms with Crippen molar-refractivity contribution in [2.24, 2.45) is 5.84 Å². The van der Waals surface area contributed by atoms with Crippen LogP contribution >= 0.6 is 0 Å². The molecule has 4 N–H and O–H groups in total. The Morgan fingerprint density at radius 1 is 1.16 bits per heavy atom.